The Morgan fingerprint density at radius 1 is 1.32 bits per heavy atom. The van der Waals surface area contributed by atoms with E-state index < -0.39 is 10.0 Å². The van der Waals surface area contributed by atoms with E-state index in [4.69, 9.17) is 5.73 Å². The van der Waals surface area contributed by atoms with Crippen LogP contribution in [0.5, 0.6) is 0 Å². The summed E-state index contributed by atoms with van der Waals surface area (Å²) in [5.41, 5.74) is 5.81. The Balaban J connectivity index is 2.03. The maximum Gasteiger partial charge on any atom is 0.243 e. The van der Waals surface area contributed by atoms with Crippen LogP contribution in [0.25, 0.3) is 0 Å². The summed E-state index contributed by atoms with van der Waals surface area (Å²) in [5, 5.41) is 0. The van der Waals surface area contributed by atoms with Crippen molar-refractivity contribution < 1.29 is 13.2 Å². The number of hydrogen-bond acceptors (Lipinski definition) is 4. The summed E-state index contributed by atoms with van der Waals surface area (Å²) < 4.78 is 26.8. The molecule has 22 heavy (non-hydrogen) atoms. The number of carbonyl (C=O) groups is 1. The molecule has 0 bridgehead atoms. The summed E-state index contributed by atoms with van der Waals surface area (Å²) in [4.78, 5) is 14.1. The minimum atomic E-state index is -3.66. The Bertz CT molecular complexity index is 625. The third-order valence-corrected chi connectivity index (χ3v) is 6.12. The van der Waals surface area contributed by atoms with Gasteiger partial charge >= 0.3 is 0 Å². The lowest BCUT2D eigenvalue weighted by molar-refractivity contribution is -0.132. The van der Waals surface area contributed by atoms with Crippen LogP contribution in [-0.4, -0.2) is 56.3 Å². The van der Waals surface area contributed by atoms with Crippen LogP contribution in [0.4, 0.5) is 0 Å². The van der Waals surface area contributed by atoms with E-state index >= 15 is 0 Å². The first-order valence-corrected chi connectivity index (χ1v) is 9.29. The van der Waals surface area contributed by atoms with Crippen LogP contribution in [0.3, 0.4) is 0 Å². The molecule has 0 saturated carbocycles. The van der Waals surface area contributed by atoms with Crippen molar-refractivity contribution in [2.45, 2.75) is 23.8 Å². The molecular weight excluding hydrogens is 370 g/mol. The number of benzene rings is 1. The van der Waals surface area contributed by atoms with Gasteiger partial charge in [0.2, 0.25) is 15.9 Å². The van der Waals surface area contributed by atoms with E-state index in [1.807, 2.05) is 0 Å². The number of rotatable bonds is 4. The van der Waals surface area contributed by atoms with Crippen LogP contribution in [0.15, 0.2) is 33.6 Å². The van der Waals surface area contributed by atoms with Gasteiger partial charge in [-0.1, -0.05) is 15.9 Å². The second-order valence-electron chi connectivity index (χ2n) is 5.43. The molecule has 0 spiro atoms. The largest absolute Gasteiger partial charge is 0.341 e. The molecule has 1 aliphatic heterocycles. The first kappa shape index (κ1) is 17.4. The number of likely N-dealkylation sites (tertiary alicyclic amines) is 1. The molecule has 2 rings (SSSR count). The van der Waals surface area contributed by atoms with Gasteiger partial charge in [0.05, 0.1) is 11.4 Å². The first-order valence-electron chi connectivity index (χ1n) is 7.06. The third kappa shape index (κ3) is 4.07. The number of nitrogens with two attached hydrogens (primary N) is 1. The van der Waals surface area contributed by atoms with Crippen molar-refractivity contribution in [3.05, 3.63) is 28.7 Å². The summed E-state index contributed by atoms with van der Waals surface area (Å²) in [6.45, 7) is 1.02. The maximum atomic E-state index is 12.4. The Labute approximate surface area is 139 Å². The molecule has 1 amide bonds. The zero-order chi connectivity index (χ0) is 16.3. The van der Waals surface area contributed by atoms with E-state index in [1.54, 1.807) is 17.0 Å². The monoisotopic (exact) mass is 389 g/mol. The quantitative estimate of drug-likeness (QED) is 0.832. The molecule has 122 valence electrons. The molecule has 0 unspecified atom stereocenters. The van der Waals surface area contributed by atoms with Crippen molar-refractivity contribution in [1.82, 2.24) is 9.21 Å². The van der Waals surface area contributed by atoms with Gasteiger partial charge in [-0.3, -0.25) is 4.79 Å². The van der Waals surface area contributed by atoms with E-state index in [0.717, 1.165) is 21.6 Å². The zero-order valence-corrected chi connectivity index (χ0v) is 14.8. The molecule has 0 aliphatic carbocycles. The van der Waals surface area contributed by atoms with Gasteiger partial charge in [-0.2, -0.15) is 4.31 Å². The molecule has 1 aromatic rings. The minimum Gasteiger partial charge on any atom is -0.341 e. The highest BCUT2D eigenvalue weighted by molar-refractivity contribution is 9.10. The van der Waals surface area contributed by atoms with Crippen LogP contribution in [0, 0.1) is 0 Å². The Morgan fingerprint density at radius 3 is 2.41 bits per heavy atom. The van der Waals surface area contributed by atoms with Crippen molar-refractivity contribution in [3.8, 4) is 0 Å². The number of amides is 1. The van der Waals surface area contributed by atoms with E-state index in [2.05, 4.69) is 15.9 Å². The number of carbonyl (C=O) groups excluding carboxylic acids is 1. The molecule has 0 radical (unpaired) electrons. The van der Waals surface area contributed by atoms with Gasteiger partial charge in [-0.25, -0.2) is 8.42 Å². The van der Waals surface area contributed by atoms with Gasteiger partial charge in [0.25, 0.3) is 0 Å². The highest BCUT2D eigenvalue weighted by Crippen LogP contribution is 2.18. The highest BCUT2D eigenvalue weighted by Gasteiger charge is 2.26. The van der Waals surface area contributed by atoms with Gasteiger partial charge in [-0.15, -0.1) is 0 Å². The van der Waals surface area contributed by atoms with Crippen LogP contribution in [-0.2, 0) is 14.8 Å². The maximum absolute atomic E-state index is 12.4. The lowest BCUT2D eigenvalue weighted by Crippen LogP contribution is -2.47. The fourth-order valence-electron chi connectivity index (χ4n) is 2.31. The first-order chi connectivity index (χ1) is 10.3. The van der Waals surface area contributed by atoms with Crippen LogP contribution in [0.2, 0.25) is 0 Å². The second kappa shape index (κ2) is 7.08. The number of likely N-dealkylation sites (N-methyl/N-ethyl adjacent to an activating group) is 1. The molecule has 1 fully saturated rings. The molecule has 1 aromatic carbocycles. The smallest absolute Gasteiger partial charge is 0.243 e. The van der Waals surface area contributed by atoms with Crippen LogP contribution >= 0.6 is 15.9 Å². The predicted octanol–water partition coefficient (Wildman–Crippen LogP) is 1.02. The van der Waals surface area contributed by atoms with Crippen molar-refractivity contribution >= 4 is 31.9 Å². The van der Waals surface area contributed by atoms with Gasteiger partial charge in [0.1, 0.15) is 0 Å². The lowest BCUT2D eigenvalue weighted by Gasteiger charge is -2.31. The molecule has 1 heterocycles. The fourth-order valence-corrected chi connectivity index (χ4v) is 3.70. The number of hydrogen-bond donors (Lipinski definition) is 1. The number of sulfonamides is 1. The highest BCUT2D eigenvalue weighted by atomic mass is 79.9. The number of nitrogens with zero attached hydrogens (tertiary/aromatic N) is 2. The molecule has 1 aliphatic rings. The molecule has 1 saturated heterocycles. The van der Waals surface area contributed by atoms with Gasteiger partial charge in [0, 0.05) is 30.7 Å². The zero-order valence-electron chi connectivity index (χ0n) is 12.4. The summed E-state index contributed by atoms with van der Waals surface area (Å²) in [6, 6.07) is 6.48. The standard InChI is InChI=1S/C14H20BrN3O3S/c1-17(10-14(19)18-8-6-12(16)7-9-18)22(20,21)13-4-2-11(15)3-5-13/h2-5,12H,6-10,16H2,1H3. The summed E-state index contributed by atoms with van der Waals surface area (Å²) in [5.74, 6) is -0.185. The van der Waals surface area contributed by atoms with Crippen molar-refractivity contribution in [2.75, 3.05) is 26.7 Å². The summed E-state index contributed by atoms with van der Waals surface area (Å²) in [6.07, 6.45) is 1.52. The van der Waals surface area contributed by atoms with Crippen molar-refractivity contribution in [1.29, 1.82) is 0 Å². The normalized spacial score (nSPS) is 17.0. The fraction of sp³-hybridized carbons (Fsp3) is 0.500. The van der Waals surface area contributed by atoms with E-state index in [0.29, 0.717) is 13.1 Å². The molecule has 0 aromatic heterocycles. The second-order valence-corrected chi connectivity index (χ2v) is 8.39. The van der Waals surface area contributed by atoms with Crippen molar-refractivity contribution in [2.24, 2.45) is 5.73 Å². The lowest BCUT2D eigenvalue weighted by atomic mass is 10.1. The Kier molecular flexibility index (Phi) is 5.60. The van der Waals surface area contributed by atoms with E-state index in [9.17, 15) is 13.2 Å². The SMILES string of the molecule is CN(CC(=O)N1CCC(N)CC1)S(=O)(=O)c1ccc(Br)cc1. The van der Waals surface area contributed by atoms with Crippen molar-refractivity contribution in [3.63, 3.8) is 0 Å². The van der Waals surface area contributed by atoms with Crippen LogP contribution in [0.1, 0.15) is 12.8 Å². The third-order valence-electron chi connectivity index (χ3n) is 3.77. The summed E-state index contributed by atoms with van der Waals surface area (Å²) in [7, 11) is -2.24. The number of halogens is 1. The predicted molar refractivity (Wildman–Crippen MR) is 87.7 cm³/mol. The molecule has 0 atom stereocenters. The summed E-state index contributed by atoms with van der Waals surface area (Å²) >= 11 is 3.27. The van der Waals surface area contributed by atoms with Crippen LogP contribution < -0.4 is 5.73 Å². The average Bonchev–Trinajstić information content (AvgIpc) is 2.48. The average molecular weight is 390 g/mol. The molecule has 2 N–H and O–H groups in total. The molecule has 8 heteroatoms. The van der Waals surface area contributed by atoms with Gasteiger partial charge < -0.3 is 10.6 Å². The van der Waals surface area contributed by atoms with Gasteiger partial charge in [-0.05, 0) is 37.1 Å². The van der Waals surface area contributed by atoms with E-state index in [1.165, 1.54) is 19.2 Å². The molecular formula is C14H20BrN3O3S. The van der Waals surface area contributed by atoms with E-state index in [-0.39, 0.29) is 23.4 Å². The van der Waals surface area contributed by atoms with Gasteiger partial charge in [0.15, 0.2) is 0 Å². The Morgan fingerprint density at radius 2 is 1.86 bits per heavy atom. The topological polar surface area (TPSA) is 83.7 Å². The molecule has 6 nitrogen and oxygen atoms in total. The number of piperidine rings is 1. The Hall–Kier alpha value is -0.960. The minimum absolute atomic E-state index is 0.133.